The molecule has 22 heavy (non-hydrogen) atoms. The Kier molecular flexibility index (Phi) is 4.12. The maximum absolute atomic E-state index is 12.5. The smallest absolute Gasteiger partial charge is 0.332 e. The molecule has 1 aliphatic heterocycles. The molecule has 0 saturated carbocycles. The van der Waals surface area contributed by atoms with Gasteiger partial charge in [-0.25, -0.2) is 0 Å². The number of nitrogens with one attached hydrogen (secondary N) is 1. The molecule has 1 fully saturated rings. The van der Waals surface area contributed by atoms with E-state index >= 15 is 0 Å². The lowest BCUT2D eigenvalue weighted by Gasteiger charge is -2.34. The van der Waals surface area contributed by atoms with Gasteiger partial charge in [-0.1, -0.05) is 24.3 Å². The van der Waals surface area contributed by atoms with E-state index in [2.05, 4.69) is 17.4 Å². The number of rotatable bonds is 3. The first kappa shape index (κ1) is 15.3. The Morgan fingerprint density at radius 3 is 2.41 bits per heavy atom. The van der Waals surface area contributed by atoms with E-state index in [4.69, 9.17) is 0 Å². The molecule has 0 unspecified atom stereocenters. The molecule has 1 aromatic carbocycles. The second kappa shape index (κ2) is 5.91. The van der Waals surface area contributed by atoms with Crippen LogP contribution in [0.1, 0.15) is 24.0 Å². The van der Waals surface area contributed by atoms with E-state index in [9.17, 15) is 18.0 Å². The van der Waals surface area contributed by atoms with Crippen molar-refractivity contribution in [2.75, 3.05) is 13.1 Å². The third-order valence-corrected chi connectivity index (χ3v) is 4.39. The number of halogens is 3. The minimum absolute atomic E-state index is 0.136. The predicted molar refractivity (Wildman–Crippen MR) is 76.4 cm³/mol. The molecule has 0 spiro atoms. The zero-order chi connectivity index (χ0) is 15.7. The molecule has 6 heteroatoms. The van der Waals surface area contributed by atoms with Crippen molar-refractivity contribution in [2.45, 2.75) is 43.9 Å². The number of amides is 1. The van der Waals surface area contributed by atoms with Gasteiger partial charge in [-0.15, -0.1) is 0 Å². The van der Waals surface area contributed by atoms with Gasteiger partial charge in [-0.05, 0) is 36.8 Å². The van der Waals surface area contributed by atoms with Gasteiger partial charge in [-0.2, -0.15) is 13.2 Å². The van der Waals surface area contributed by atoms with E-state index in [0.29, 0.717) is 12.8 Å². The lowest BCUT2D eigenvalue weighted by atomic mass is 10.0. The Labute approximate surface area is 127 Å². The molecule has 120 valence electrons. The van der Waals surface area contributed by atoms with Crippen LogP contribution in [0.3, 0.4) is 0 Å². The highest BCUT2D eigenvalue weighted by molar-refractivity contribution is 5.82. The van der Waals surface area contributed by atoms with Crippen molar-refractivity contribution in [3.8, 4) is 0 Å². The summed E-state index contributed by atoms with van der Waals surface area (Å²) in [6.45, 7) is -0.948. The third-order valence-electron chi connectivity index (χ3n) is 4.39. The summed E-state index contributed by atoms with van der Waals surface area (Å²) >= 11 is 0. The summed E-state index contributed by atoms with van der Waals surface area (Å²) in [6.07, 6.45) is -1.45. The van der Waals surface area contributed by atoms with Gasteiger partial charge in [-0.3, -0.25) is 4.79 Å². The number of nitrogens with zero attached hydrogens (tertiary/aromatic N) is 1. The van der Waals surface area contributed by atoms with Gasteiger partial charge in [0, 0.05) is 12.6 Å². The average Bonchev–Trinajstić information content (AvgIpc) is 2.84. The molecular formula is C16H19F3N2O. The number of carbonyl (C=O) groups excluding carboxylic acids is 1. The molecule has 1 N–H and O–H groups in total. The summed E-state index contributed by atoms with van der Waals surface area (Å²) in [6, 6.07) is 7.74. The number of piperidine rings is 1. The molecule has 1 atom stereocenters. The van der Waals surface area contributed by atoms with Crippen LogP contribution in [0.5, 0.6) is 0 Å². The molecule has 0 radical (unpaired) electrons. The van der Waals surface area contributed by atoms with Crippen LogP contribution in [0.25, 0.3) is 0 Å². The van der Waals surface area contributed by atoms with E-state index in [1.54, 1.807) is 0 Å². The number of benzene rings is 1. The van der Waals surface area contributed by atoms with Gasteiger partial charge in [0.2, 0.25) is 5.91 Å². The molecule has 1 heterocycles. The number of likely N-dealkylation sites (tertiary alicyclic amines) is 1. The fourth-order valence-corrected chi connectivity index (χ4v) is 3.43. The Morgan fingerprint density at radius 2 is 1.82 bits per heavy atom. The van der Waals surface area contributed by atoms with Crippen molar-refractivity contribution >= 4 is 5.91 Å². The minimum Gasteiger partial charge on any atom is -0.332 e. The Hall–Kier alpha value is -1.56. The monoisotopic (exact) mass is 312 g/mol. The van der Waals surface area contributed by atoms with Gasteiger partial charge in [0.15, 0.2) is 0 Å². The van der Waals surface area contributed by atoms with E-state index in [1.165, 1.54) is 11.1 Å². The van der Waals surface area contributed by atoms with Gasteiger partial charge in [0.05, 0.1) is 6.04 Å². The van der Waals surface area contributed by atoms with Crippen molar-refractivity contribution in [2.24, 2.45) is 0 Å². The zero-order valence-corrected chi connectivity index (χ0v) is 12.2. The highest BCUT2D eigenvalue weighted by Crippen LogP contribution is 2.24. The number of fused-ring (bicyclic) bond motifs is 1. The first-order valence-electron chi connectivity index (χ1n) is 7.61. The summed E-state index contributed by atoms with van der Waals surface area (Å²) in [5.74, 6) is -0.417. The third kappa shape index (κ3) is 3.43. The normalized spacial score (nSPS) is 23.0. The van der Waals surface area contributed by atoms with E-state index < -0.39 is 24.7 Å². The summed E-state index contributed by atoms with van der Waals surface area (Å²) in [7, 11) is 0. The molecule has 1 saturated heterocycles. The molecule has 2 aliphatic rings. The lowest BCUT2D eigenvalue weighted by molar-refractivity contribution is -0.165. The van der Waals surface area contributed by atoms with Crippen LogP contribution in [0.4, 0.5) is 13.2 Å². The highest BCUT2D eigenvalue weighted by atomic mass is 19.4. The topological polar surface area (TPSA) is 32.3 Å². The maximum Gasteiger partial charge on any atom is 0.406 e. The van der Waals surface area contributed by atoms with Gasteiger partial charge >= 0.3 is 6.18 Å². The van der Waals surface area contributed by atoms with Crippen LogP contribution in [0.15, 0.2) is 24.3 Å². The summed E-state index contributed by atoms with van der Waals surface area (Å²) in [4.78, 5) is 13.2. The van der Waals surface area contributed by atoms with Gasteiger partial charge in [0.25, 0.3) is 0 Å². The molecule has 1 amide bonds. The molecule has 0 bridgehead atoms. The van der Waals surface area contributed by atoms with E-state index in [-0.39, 0.29) is 12.6 Å². The minimum atomic E-state index is -4.33. The summed E-state index contributed by atoms with van der Waals surface area (Å²) < 4.78 is 37.5. The van der Waals surface area contributed by atoms with Crippen molar-refractivity contribution in [1.82, 2.24) is 10.2 Å². The fourth-order valence-electron chi connectivity index (χ4n) is 3.43. The van der Waals surface area contributed by atoms with E-state index in [1.807, 2.05) is 12.1 Å². The van der Waals surface area contributed by atoms with Crippen LogP contribution in [0, 0.1) is 0 Å². The van der Waals surface area contributed by atoms with Crippen molar-refractivity contribution < 1.29 is 18.0 Å². The van der Waals surface area contributed by atoms with Crippen LogP contribution in [-0.4, -0.2) is 42.2 Å². The molecular weight excluding hydrogens is 293 g/mol. The number of alkyl halides is 3. The highest BCUT2D eigenvalue weighted by Gasteiger charge is 2.38. The lowest BCUT2D eigenvalue weighted by Crippen LogP contribution is -2.55. The van der Waals surface area contributed by atoms with Gasteiger partial charge < -0.3 is 10.2 Å². The maximum atomic E-state index is 12.5. The van der Waals surface area contributed by atoms with Crippen LogP contribution < -0.4 is 5.32 Å². The number of hydrogen-bond acceptors (Lipinski definition) is 2. The molecule has 1 aromatic rings. The van der Waals surface area contributed by atoms with Crippen LogP contribution >= 0.6 is 0 Å². The van der Waals surface area contributed by atoms with Crippen LogP contribution in [0.2, 0.25) is 0 Å². The number of hydrogen-bond donors (Lipinski definition) is 1. The Balaban J connectivity index is 1.60. The predicted octanol–water partition coefficient (Wildman–Crippen LogP) is 2.30. The summed E-state index contributed by atoms with van der Waals surface area (Å²) in [5, 5.41) is 3.27. The SMILES string of the molecule is O=C1[C@@H](NC2Cc3ccccc3C2)CCCN1CC(F)(F)F. The van der Waals surface area contributed by atoms with Crippen molar-refractivity contribution in [3.05, 3.63) is 35.4 Å². The Morgan fingerprint density at radius 1 is 1.18 bits per heavy atom. The first-order valence-corrected chi connectivity index (χ1v) is 7.61. The first-order chi connectivity index (χ1) is 10.4. The average molecular weight is 312 g/mol. The molecule has 3 rings (SSSR count). The second-order valence-electron chi connectivity index (χ2n) is 6.11. The largest absolute Gasteiger partial charge is 0.406 e. The van der Waals surface area contributed by atoms with Crippen LogP contribution in [-0.2, 0) is 17.6 Å². The molecule has 1 aliphatic carbocycles. The standard InChI is InChI=1S/C16H19F3N2O/c17-16(18,19)10-21-7-3-6-14(15(21)22)20-13-8-11-4-1-2-5-12(11)9-13/h1-2,4-5,13-14,20H,3,6-10H2/t14-/m0/s1. The quantitative estimate of drug-likeness (QED) is 0.929. The molecule has 0 aromatic heterocycles. The molecule has 3 nitrogen and oxygen atoms in total. The van der Waals surface area contributed by atoms with Crippen molar-refractivity contribution in [1.29, 1.82) is 0 Å². The Bertz CT molecular complexity index is 534. The number of carbonyl (C=O) groups is 1. The second-order valence-corrected chi connectivity index (χ2v) is 6.11. The van der Waals surface area contributed by atoms with Gasteiger partial charge in [0.1, 0.15) is 6.54 Å². The van der Waals surface area contributed by atoms with Crippen molar-refractivity contribution in [3.63, 3.8) is 0 Å². The zero-order valence-electron chi connectivity index (χ0n) is 12.2. The summed E-state index contributed by atoms with van der Waals surface area (Å²) in [5.41, 5.74) is 2.52. The van der Waals surface area contributed by atoms with E-state index in [0.717, 1.165) is 17.7 Å². The fraction of sp³-hybridized carbons (Fsp3) is 0.562.